The van der Waals surface area contributed by atoms with Crippen molar-refractivity contribution < 1.29 is 23.7 Å². The van der Waals surface area contributed by atoms with Crippen LogP contribution >= 0.6 is 11.3 Å². The van der Waals surface area contributed by atoms with Gasteiger partial charge in [0.05, 0.1) is 30.0 Å². The maximum absolute atomic E-state index is 12.9. The topological polar surface area (TPSA) is 71.3 Å². The molecule has 1 aliphatic rings. The number of hydrogen-bond acceptors (Lipinski definition) is 6. The first-order valence-electron chi connectivity index (χ1n) is 8.88. The van der Waals surface area contributed by atoms with Gasteiger partial charge in [0.25, 0.3) is 5.91 Å². The van der Waals surface area contributed by atoms with Crippen molar-refractivity contribution >= 4 is 27.5 Å². The number of hydrogen-bond donors (Lipinski definition) is 0. The van der Waals surface area contributed by atoms with E-state index in [2.05, 4.69) is 11.9 Å². The molecule has 0 aliphatic carbocycles. The standard InChI is InChI=1S/C20H20N2O5S/c1-4-7-22-14-9-16-17(27-11-26-16)10-18(14)28-20(22)21-19(23)13-6-5-12(24-2)8-15(13)25-3/h5-6,8-10H,4,7,11H2,1-3H3. The molecule has 0 N–H and O–H groups in total. The predicted octanol–water partition coefficient (Wildman–Crippen LogP) is 3.60. The van der Waals surface area contributed by atoms with E-state index in [9.17, 15) is 4.79 Å². The molecule has 28 heavy (non-hydrogen) atoms. The van der Waals surface area contributed by atoms with Crippen LogP contribution < -0.4 is 23.7 Å². The average molecular weight is 400 g/mol. The molecule has 8 heteroatoms. The van der Waals surface area contributed by atoms with Gasteiger partial charge in [0.2, 0.25) is 6.79 Å². The Morgan fingerprint density at radius 1 is 1.18 bits per heavy atom. The highest BCUT2D eigenvalue weighted by molar-refractivity contribution is 7.16. The van der Waals surface area contributed by atoms with Crippen LogP contribution in [0, 0.1) is 0 Å². The molecule has 0 radical (unpaired) electrons. The molecule has 0 fully saturated rings. The SMILES string of the molecule is CCCn1c(=NC(=O)c2ccc(OC)cc2OC)sc2cc3c(cc21)OCO3. The van der Waals surface area contributed by atoms with Gasteiger partial charge < -0.3 is 23.5 Å². The van der Waals surface area contributed by atoms with Crippen LogP contribution in [0.2, 0.25) is 0 Å². The summed E-state index contributed by atoms with van der Waals surface area (Å²) in [7, 11) is 3.08. The summed E-state index contributed by atoms with van der Waals surface area (Å²) in [5.41, 5.74) is 1.36. The number of methoxy groups -OCH3 is 2. The first-order valence-corrected chi connectivity index (χ1v) is 9.70. The predicted molar refractivity (Wildman–Crippen MR) is 106 cm³/mol. The van der Waals surface area contributed by atoms with E-state index < -0.39 is 0 Å². The van der Waals surface area contributed by atoms with Gasteiger partial charge in [-0.05, 0) is 18.6 Å². The fourth-order valence-corrected chi connectivity index (χ4v) is 4.17. The van der Waals surface area contributed by atoms with Gasteiger partial charge in [-0.15, -0.1) is 0 Å². The maximum Gasteiger partial charge on any atom is 0.283 e. The number of carbonyl (C=O) groups excluding carboxylic acids is 1. The highest BCUT2D eigenvalue weighted by Crippen LogP contribution is 2.37. The van der Waals surface area contributed by atoms with Crippen LogP contribution in [0.5, 0.6) is 23.0 Å². The molecule has 2 heterocycles. The Balaban J connectivity index is 1.83. The van der Waals surface area contributed by atoms with Gasteiger partial charge >= 0.3 is 0 Å². The monoisotopic (exact) mass is 400 g/mol. The Bertz CT molecular complexity index is 1120. The fourth-order valence-electron chi connectivity index (χ4n) is 3.11. The van der Waals surface area contributed by atoms with Crippen LogP contribution in [-0.4, -0.2) is 31.5 Å². The first-order chi connectivity index (χ1) is 13.6. The summed E-state index contributed by atoms with van der Waals surface area (Å²) in [6, 6.07) is 8.94. The van der Waals surface area contributed by atoms with Crippen molar-refractivity contribution in [1.29, 1.82) is 0 Å². The number of fused-ring (bicyclic) bond motifs is 2. The summed E-state index contributed by atoms with van der Waals surface area (Å²) in [5, 5.41) is 0. The van der Waals surface area contributed by atoms with Gasteiger partial charge in [-0.25, -0.2) is 0 Å². The Morgan fingerprint density at radius 3 is 2.68 bits per heavy atom. The van der Waals surface area contributed by atoms with Crippen LogP contribution in [0.3, 0.4) is 0 Å². The smallest absolute Gasteiger partial charge is 0.283 e. The van der Waals surface area contributed by atoms with Crippen LogP contribution in [0.15, 0.2) is 35.3 Å². The van der Waals surface area contributed by atoms with E-state index in [0.717, 1.165) is 23.2 Å². The summed E-state index contributed by atoms with van der Waals surface area (Å²) in [6.45, 7) is 3.06. The number of rotatable bonds is 5. The second kappa shape index (κ2) is 7.55. The lowest BCUT2D eigenvalue weighted by molar-refractivity contribution is 0.0995. The second-order valence-corrected chi connectivity index (χ2v) is 7.20. The molecular formula is C20H20N2O5S. The lowest BCUT2D eigenvalue weighted by Gasteiger charge is -2.07. The lowest BCUT2D eigenvalue weighted by atomic mass is 10.2. The van der Waals surface area contributed by atoms with Crippen molar-refractivity contribution in [2.75, 3.05) is 21.0 Å². The average Bonchev–Trinajstić information content (AvgIpc) is 3.30. The summed E-state index contributed by atoms with van der Waals surface area (Å²) >= 11 is 1.45. The number of thiazole rings is 1. The van der Waals surface area contributed by atoms with E-state index in [1.807, 2.05) is 16.7 Å². The molecule has 0 saturated carbocycles. The maximum atomic E-state index is 12.9. The largest absolute Gasteiger partial charge is 0.497 e. The van der Waals surface area contributed by atoms with Gasteiger partial charge in [0, 0.05) is 24.7 Å². The van der Waals surface area contributed by atoms with E-state index in [1.54, 1.807) is 25.3 Å². The van der Waals surface area contributed by atoms with Crippen LogP contribution in [0.1, 0.15) is 23.7 Å². The molecule has 7 nitrogen and oxygen atoms in total. The van der Waals surface area contributed by atoms with E-state index in [4.69, 9.17) is 18.9 Å². The molecule has 4 rings (SSSR count). The molecule has 0 bridgehead atoms. The molecule has 146 valence electrons. The lowest BCUT2D eigenvalue weighted by Crippen LogP contribution is -2.17. The summed E-state index contributed by atoms with van der Waals surface area (Å²) in [6.07, 6.45) is 0.910. The molecule has 0 spiro atoms. The van der Waals surface area contributed by atoms with Crippen molar-refractivity contribution in [3.05, 3.63) is 40.7 Å². The first kappa shape index (κ1) is 18.4. The number of amides is 1. The summed E-state index contributed by atoms with van der Waals surface area (Å²) in [4.78, 5) is 17.9. The fraction of sp³-hybridized carbons (Fsp3) is 0.300. The third-order valence-corrected chi connectivity index (χ3v) is 5.50. The number of ether oxygens (including phenoxy) is 4. The van der Waals surface area contributed by atoms with Gasteiger partial charge in [0.15, 0.2) is 16.3 Å². The van der Waals surface area contributed by atoms with E-state index >= 15 is 0 Å². The minimum Gasteiger partial charge on any atom is -0.497 e. The molecule has 2 aromatic carbocycles. The Morgan fingerprint density at radius 2 is 1.96 bits per heavy atom. The van der Waals surface area contributed by atoms with E-state index in [1.165, 1.54) is 18.4 Å². The Kier molecular flexibility index (Phi) is 4.95. The van der Waals surface area contributed by atoms with Gasteiger partial charge in [-0.1, -0.05) is 18.3 Å². The zero-order valence-corrected chi connectivity index (χ0v) is 16.7. The van der Waals surface area contributed by atoms with E-state index in [0.29, 0.717) is 33.4 Å². The highest BCUT2D eigenvalue weighted by atomic mass is 32.1. The van der Waals surface area contributed by atoms with Crippen LogP contribution in [0.25, 0.3) is 10.2 Å². The van der Waals surface area contributed by atoms with Crippen LogP contribution in [-0.2, 0) is 6.54 Å². The quantitative estimate of drug-likeness (QED) is 0.654. The molecule has 0 atom stereocenters. The van der Waals surface area contributed by atoms with Crippen molar-refractivity contribution in [1.82, 2.24) is 4.57 Å². The van der Waals surface area contributed by atoms with Gasteiger partial charge in [0.1, 0.15) is 11.5 Å². The molecule has 1 aliphatic heterocycles. The van der Waals surface area contributed by atoms with Crippen molar-refractivity contribution in [3.63, 3.8) is 0 Å². The molecule has 1 amide bonds. The second-order valence-electron chi connectivity index (χ2n) is 6.19. The van der Waals surface area contributed by atoms with Gasteiger partial charge in [-0.2, -0.15) is 4.99 Å². The highest BCUT2D eigenvalue weighted by Gasteiger charge is 2.18. The Labute approximate surface area is 165 Å². The van der Waals surface area contributed by atoms with Crippen molar-refractivity contribution in [2.45, 2.75) is 19.9 Å². The summed E-state index contributed by atoms with van der Waals surface area (Å²) < 4.78 is 24.5. The van der Waals surface area contributed by atoms with Crippen molar-refractivity contribution in [3.8, 4) is 23.0 Å². The molecule has 0 unspecified atom stereocenters. The number of carbonyl (C=O) groups is 1. The number of nitrogens with zero attached hydrogens (tertiary/aromatic N) is 2. The molecule has 3 aromatic rings. The van der Waals surface area contributed by atoms with E-state index in [-0.39, 0.29) is 12.7 Å². The summed E-state index contributed by atoms with van der Waals surface area (Å²) in [5.74, 6) is 2.11. The number of aromatic nitrogens is 1. The zero-order chi connectivity index (χ0) is 19.7. The number of aryl methyl sites for hydroxylation is 1. The third-order valence-electron chi connectivity index (χ3n) is 4.46. The Hall–Kier alpha value is -3.00. The molecule has 0 saturated heterocycles. The number of benzene rings is 2. The third kappa shape index (κ3) is 3.20. The minimum absolute atomic E-state index is 0.230. The zero-order valence-electron chi connectivity index (χ0n) is 15.9. The van der Waals surface area contributed by atoms with Crippen molar-refractivity contribution in [2.24, 2.45) is 4.99 Å². The molecule has 1 aromatic heterocycles. The van der Waals surface area contributed by atoms with Crippen LogP contribution in [0.4, 0.5) is 0 Å². The normalized spacial score (nSPS) is 13.2. The molecular weight excluding hydrogens is 380 g/mol. The minimum atomic E-state index is -0.365. The van der Waals surface area contributed by atoms with Gasteiger partial charge in [-0.3, -0.25) is 4.79 Å².